The molecule has 0 radical (unpaired) electrons. The van der Waals surface area contributed by atoms with Crippen molar-refractivity contribution in [1.82, 2.24) is 0 Å². The molecule has 2 aliphatic rings. The quantitative estimate of drug-likeness (QED) is 0.494. The molecule has 3 aromatic carbocycles. The first-order valence-electron chi connectivity index (χ1n) is 10.8. The molecular formula is C26H23ClN2O5. The smallest absolute Gasteiger partial charge is 0.266 e. The Hall–Kier alpha value is -3.55. The molecule has 2 heterocycles. The SMILES string of the molecule is COc1ccc([C@H]2[C@H]3C(=O)N(c4cccc(Cl)c4C)C(=O)[C@@H]3ON2c2ccccc2)c(OC)c1. The molecule has 3 aromatic rings. The average Bonchev–Trinajstić information content (AvgIpc) is 3.37. The molecule has 2 fully saturated rings. The maximum absolute atomic E-state index is 13.8. The summed E-state index contributed by atoms with van der Waals surface area (Å²) in [6, 6.07) is 19.4. The van der Waals surface area contributed by atoms with Crippen LogP contribution in [-0.2, 0) is 14.4 Å². The third kappa shape index (κ3) is 3.40. The lowest BCUT2D eigenvalue weighted by Crippen LogP contribution is -2.37. The van der Waals surface area contributed by atoms with E-state index in [1.165, 1.54) is 4.90 Å². The second-order valence-electron chi connectivity index (χ2n) is 8.16. The van der Waals surface area contributed by atoms with Crippen LogP contribution in [0.3, 0.4) is 0 Å². The van der Waals surface area contributed by atoms with Gasteiger partial charge in [0.15, 0.2) is 6.10 Å². The Kier molecular flexibility index (Phi) is 5.67. The molecule has 0 aliphatic carbocycles. The summed E-state index contributed by atoms with van der Waals surface area (Å²) >= 11 is 6.29. The Morgan fingerprint density at radius 3 is 2.38 bits per heavy atom. The largest absolute Gasteiger partial charge is 0.497 e. The van der Waals surface area contributed by atoms with Gasteiger partial charge in [-0.25, -0.2) is 9.96 Å². The minimum atomic E-state index is -0.983. The van der Waals surface area contributed by atoms with Gasteiger partial charge in [-0.15, -0.1) is 0 Å². The van der Waals surface area contributed by atoms with Crippen molar-refractivity contribution < 1.29 is 23.9 Å². The first kappa shape index (κ1) is 22.3. The van der Waals surface area contributed by atoms with E-state index in [1.54, 1.807) is 56.5 Å². The van der Waals surface area contributed by atoms with Crippen molar-refractivity contribution in [2.45, 2.75) is 19.1 Å². The maximum atomic E-state index is 13.8. The average molecular weight is 479 g/mol. The summed E-state index contributed by atoms with van der Waals surface area (Å²) in [6.07, 6.45) is -0.983. The number of hydrogen-bond acceptors (Lipinski definition) is 6. The van der Waals surface area contributed by atoms with Gasteiger partial charge in [0, 0.05) is 16.7 Å². The van der Waals surface area contributed by atoms with Gasteiger partial charge in [-0.1, -0.05) is 35.9 Å². The molecule has 0 saturated carbocycles. The predicted molar refractivity (Wildman–Crippen MR) is 128 cm³/mol. The van der Waals surface area contributed by atoms with E-state index in [0.717, 1.165) is 5.69 Å². The van der Waals surface area contributed by atoms with Crippen molar-refractivity contribution in [2.75, 3.05) is 24.2 Å². The summed E-state index contributed by atoms with van der Waals surface area (Å²) in [5, 5.41) is 2.12. The van der Waals surface area contributed by atoms with Crippen molar-refractivity contribution in [3.05, 3.63) is 82.9 Å². The number of hydrogen-bond donors (Lipinski definition) is 0. The van der Waals surface area contributed by atoms with E-state index in [9.17, 15) is 9.59 Å². The molecule has 3 atom stereocenters. The molecule has 174 valence electrons. The summed E-state index contributed by atoms with van der Waals surface area (Å²) in [7, 11) is 3.13. The van der Waals surface area contributed by atoms with E-state index in [1.807, 2.05) is 36.4 Å². The molecule has 34 heavy (non-hydrogen) atoms. The van der Waals surface area contributed by atoms with E-state index in [0.29, 0.717) is 33.3 Å². The number of carbonyl (C=O) groups excluding carboxylic acids is 2. The summed E-state index contributed by atoms with van der Waals surface area (Å²) in [5.74, 6) is -0.397. The zero-order valence-electron chi connectivity index (χ0n) is 18.9. The van der Waals surface area contributed by atoms with Crippen LogP contribution in [0.15, 0.2) is 66.7 Å². The molecule has 7 nitrogen and oxygen atoms in total. The zero-order valence-corrected chi connectivity index (χ0v) is 19.7. The standard InChI is InChI=1S/C26H23ClN2O5/c1-15-19(27)10-7-11-20(15)28-25(30)22-23(18-13-12-17(32-2)14-21(18)33-3)29(34-24(22)26(28)31)16-8-5-4-6-9-16/h4-14,22-24H,1-3H3/t22-,23+,24-/m1/s1. The lowest BCUT2D eigenvalue weighted by Gasteiger charge is -2.30. The molecule has 8 heteroatoms. The van der Waals surface area contributed by atoms with Gasteiger partial charge in [0.25, 0.3) is 5.91 Å². The molecule has 2 saturated heterocycles. The van der Waals surface area contributed by atoms with E-state index < -0.39 is 24.0 Å². The fourth-order valence-corrected chi connectivity index (χ4v) is 4.84. The highest BCUT2D eigenvalue weighted by atomic mass is 35.5. The Balaban J connectivity index is 1.64. The molecule has 0 N–H and O–H groups in total. The number of hydroxylamine groups is 1. The van der Waals surface area contributed by atoms with Gasteiger partial charge >= 0.3 is 0 Å². The number of methoxy groups -OCH3 is 2. The number of rotatable bonds is 5. The number of nitrogens with zero attached hydrogens (tertiary/aromatic N) is 2. The molecule has 0 aromatic heterocycles. The maximum Gasteiger partial charge on any atom is 0.266 e. The number of anilines is 2. The normalized spacial score (nSPS) is 21.7. The second kappa shape index (κ2) is 8.66. The summed E-state index contributed by atoms with van der Waals surface area (Å²) < 4.78 is 11.0. The van der Waals surface area contributed by atoms with Gasteiger partial charge < -0.3 is 9.47 Å². The number of para-hydroxylation sites is 1. The van der Waals surface area contributed by atoms with Gasteiger partial charge in [0.2, 0.25) is 5.91 Å². The molecule has 2 aliphatic heterocycles. The summed E-state index contributed by atoms with van der Waals surface area (Å²) in [4.78, 5) is 34.8. The van der Waals surface area contributed by atoms with Crippen LogP contribution in [0.25, 0.3) is 0 Å². The third-order valence-electron chi connectivity index (χ3n) is 6.37. The van der Waals surface area contributed by atoms with Crippen LogP contribution in [-0.4, -0.2) is 32.1 Å². The molecule has 2 amide bonds. The fourth-order valence-electron chi connectivity index (χ4n) is 4.67. The Morgan fingerprint density at radius 2 is 1.68 bits per heavy atom. The lowest BCUT2D eigenvalue weighted by molar-refractivity contribution is -0.126. The predicted octanol–water partition coefficient (Wildman–Crippen LogP) is 4.72. The number of ether oxygens (including phenoxy) is 2. The van der Waals surface area contributed by atoms with E-state index in [-0.39, 0.29) is 5.91 Å². The summed E-state index contributed by atoms with van der Waals surface area (Å²) in [5.41, 5.74) is 2.56. The zero-order chi connectivity index (χ0) is 24.0. The van der Waals surface area contributed by atoms with Crippen LogP contribution in [0.1, 0.15) is 17.2 Å². The number of imide groups is 1. The van der Waals surface area contributed by atoms with Crippen molar-refractivity contribution in [1.29, 1.82) is 0 Å². The van der Waals surface area contributed by atoms with Gasteiger partial charge in [-0.05, 0) is 48.9 Å². The molecule has 0 bridgehead atoms. The van der Waals surface area contributed by atoms with Gasteiger partial charge in [-0.2, -0.15) is 0 Å². The van der Waals surface area contributed by atoms with Crippen molar-refractivity contribution in [3.63, 3.8) is 0 Å². The van der Waals surface area contributed by atoms with Crippen molar-refractivity contribution >= 4 is 34.8 Å². The number of carbonyl (C=O) groups is 2. The molecule has 0 spiro atoms. The monoisotopic (exact) mass is 478 g/mol. The van der Waals surface area contributed by atoms with Crippen molar-refractivity contribution in [3.8, 4) is 11.5 Å². The molecule has 5 rings (SSSR count). The number of halogens is 1. The van der Waals surface area contributed by atoms with Crippen molar-refractivity contribution in [2.24, 2.45) is 5.92 Å². The van der Waals surface area contributed by atoms with Crippen LogP contribution in [0.4, 0.5) is 11.4 Å². The Bertz CT molecular complexity index is 1270. The Morgan fingerprint density at radius 1 is 0.912 bits per heavy atom. The Labute approximate surface area is 202 Å². The topological polar surface area (TPSA) is 68.3 Å². The first-order valence-corrected chi connectivity index (χ1v) is 11.2. The van der Waals surface area contributed by atoms with E-state index >= 15 is 0 Å². The van der Waals surface area contributed by atoms with E-state index in [2.05, 4.69) is 0 Å². The third-order valence-corrected chi connectivity index (χ3v) is 6.77. The number of benzene rings is 3. The fraction of sp³-hybridized carbons (Fsp3) is 0.231. The first-order chi connectivity index (χ1) is 16.5. The van der Waals surface area contributed by atoms with Crippen LogP contribution in [0.5, 0.6) is 11.5 Å². The highest BCUT2D eigenvalue weighted by Crippen LogP contribution is 2.50. The van der Waals surface area contributed by atoms with E-state index in [4.69, 9.17) is 25.9 Å². The minimum Gasteiger partial charge on any atom is -0.497 e. The second-order valence-corrected chi connectivity index (χ2v) is 8.57. The highest BCUT2D eigenvalue weighted by Gasteiger charge is 2.61. The van der Waals surface area contributed by atoms with Crippen LogP contribution in [0.2, 0.25) is 5.02 Å². The van der Waals surface area contributed by atoms with Gasteiger partial charge in [0.05, 0.1) is 31.6 Å². The number of amides is 2. The van der Waals surface area contributed by atoms with Crippen LogP contribution >= 0.6 is 11.6 Å². The van der Waals surface area contributed by atoms with Gasteiger partial charge in [0.1, 0.15) is 17.4 Å². The van der Waals surface area contributed by atoms with Crippen LogP contribution < -0.4 is 19.4 Å². The molecule has 0 unspecified atom stereocenters. The number of fused-ring (bicyclic) bond motifs is 1. The summed E-state index contributed by atoms with van der Waals surface area (Å²) in [6.45, 7) is 1.79. The lowest BCUT2D eigenvalue weighted by atomic mass is 9.90. The van der Waals surface area contributed by atoms with Gasteiger partial charge in [-0.3, -0.25) is 14.4 Å². The minimum absolute atomic E-state index is 0.346. The highest BCUT2D eigenvalue weighted by molar-refractivity contribution is 6.32. The van der Waals surface area contributed by atoms with Crippen LogP contribution in [0, 0.1) is 12.8 Å². The molecular weight excluding hydrogens is 456 g/mol.